The van der Waals surface area contributed by atoms with E-state index in [0.29, 0.717) is 12.3 Å². The maximum atomic E-state index is 11.5. The van der Waals surface area contributed by atoms with Crippen LogP contribution in [0.5, 0.6) is 0 Å². The summed E-state index contributed by atoms with van der Waals surface area (Å²) in [6, 6.07) is 2.01. The van der Waals surface area contributed by atoms with Crippen LogP contribution in [0.15, 0.2) is 12.3 Å². The summed E-state index contributed by atoms with van der Waals surface area (Å²) in [5, 5.41) is 0. The second-order valence-electron chi connectivity index (χ2n) is 3.99. The number of aromatic nitrogens is 1. The minimum Gasteiger partial charge on any atom is -0.299 e. The van der Waals surface area contributed by atoms with E-state index >= 15 is 0 Å². The Kier molecular flexibility index (Phi) is 2.02. The molecule has 3 nitrogen and oxygen atoms in total. The highest BCUT2D eigenvalue weighted by Crippen LogP contribution is 2.31. The molecule has 0 bridgehead atoms. The fourth-order valence-electron chi connectivity index (χ4n) is 1.89. The van der Waals surface area contributed by atoms with E-state index < -0.39 is 0 Å². The van der Waals surface area contributed by atoms with Gasteiger partial charge in [0, 0.05) is 18.8 Å². The zero-order valence-corrected chi connectivity index (χ0v) is 8.74. The van der Waals surface area contributed by atoms with Crippen LogP contribution in [0.4, 0.5) is 5.82 Å². The van der Waals surface area contributed by atoms with Crippen molar-refractivity contribution in [1.29, 1.82) is 0 Å². The number of carbonyl (C=O) groups excluding carboxylic acids is 1. The van der Waals surface area contributed by atoms with Crippen LogP contribution in [0.2, 0.25) is 0 Å². The van der Waals surface area contributed by atoms with Gasteiger partial charge >= 0.3 is 0 Å². The maximum absolute atomic E-state index is 11.5. The molecule has 1 aliphatic rings. The van der Waals surface area contributed by atoms with Crippen molar-refractivity contribution < 1.29 is 4.79 Å². The quantitative estimate of drug-likeness (QED) is 0.675. The average Bonchev–Trinajstić information content (AvgIpc) is 2.43. The number of likely N-dealkylation sites (N-methyl/N-ethyl adjacent to an activating group) is 1. The standard InChI is InChI=1S/C11H14N2O/c1-7(2)8-4-5-12-11-9(8)6-10(14)13(11)3/h4-5,7H,6H2,1-3H3. The molecule has 0 fully saturated rings. The SMILES string of the molecule is CC(C)c1ccnc2c1CC(=O)N2C. The third-order valence-electron chi connectivity index (χ3n) is 2.71. The first kappa shape index (κ1) is 9.19. The summed E-state index contributed by atoms with van der Waals surface area (Å²) in [6.07, 6.45) is 2.29. The lowest BCUT2D eigenvalue weighted by Crippen LogP contribution is -2.21. The number of hydrogen-bond donors (Lipinski definition) is 0. The van der Waals surface area contributed by atoms with Crippen molar-refractivity contribution in [3.63, 3.8) is 0 Å². The minimum atomic E-state index is 0.139. The molecule has 1 amide bonds. The normalized spacial score (nSPS) is 15.1. The molecule has 0 atom stereocenters. The monoisotopic (exact) mass is 190 g/mol. The Morgan fingerprint density at radius 3 is 2.86 bits per heavy atom. The number of pyridine rings is 1. The molecule has 0 aromatic carbocycles. The molecule has 74 valence electrons. The van der Waals surface area contributed by atoms with Gasteiger partial charge in [0.1, 0.15) is 5.82 Å². The smallest absolute Gasteiger partial charge is 0.232 e. The second kappa shape index (κ2) is 3.08. The van der Waals surface area contributed by atoms with Crippen LogP contribution in [-0.4, -0.2) is 17.9 Å². The molecule has 1 aromatic heterocycles. The lowest BCUT2D eigenvalue weighted by Gasteiger charge is -2.12. The van der Waals surface area contributed by atoms with Gasteiger partial charge < -0.3 is 0 Å². The van der Waals surface area contributed by atoms with Gasteiger partial charge in [0.05, 0.1) is 6.42 Å². The molecule has 0 unspecified atom stereocenters. The van der Waals surface area contributed by atoms with Crippen LogP contribution < -0.4 is 4.90 Å². The Hall–Kier alpha value is -1.38. The number of amides is 1. The van der Waals surface area contributed by atoms with Crippen LogP contribution in [0.1, 0.15) is 30.9 Å². The molecule has 0 saturated heterocycles. The number of rotatable bonds is 1. The van der Waals surface area contributed by atoms with Crippen molar-refractivity contribution in [1.82, 2.24) is 4.98 Å². The van der Waals surface area contributed by atoms with Crippen molar-refractivity contribution >= 4 is 11.7 Å². The highest BCUT2D eigenvalue weighted by atomic mass is 16.2. The molecular weight excluding hydrogens is 176 g/mol. The lowest BCUT2D eigenvalue weighted by atomic mass is 9.98. The summed E-state index contributed by atoms with van der Waals surface area (Å²) in [5.41, 5.74) is 2.35. The van der Waals surface area contributed by atoms with Gasteiger partial charge in [-0.2, -0.15) is 0 Å². The van der Waals surface area contributed by atoms with Gasteiger partial charge in [-0.1, -0.05) is 13.8 Å². The van der Waals surface area contributed by atoms with Crippen LogP contribution in [0.25, 0.3) is 0 Å². The molecule has 3 heteroatoms. The van der Waals surface area contributed by atoms with Gasteiger partial charge in [0.25, 0.3) is 0 Å². The molecular formula is C11H14N2O. The molecule has 0 N–H and O–H groups in total. The molecule has 2 rings (SSSR count). The van der Waals surface area contributed by atoms with E-state index in [0.717, 1.165) is 11.4 Å². The first-order chi connectivity index (χ1) is 6.61. The third-order valence-corrected chi connectivity index (χ3v) is 2.71. The Morgan fingerprint density at radius 1 is 1.50 bits per heavy atom. The first-order valence-corrected chi connectivity index (χ1v) is 4.85. The largest absolute Gasteiger partial charge is 0.299 e. The predicted molar refractivity (Wildman–Crippen MR) is 55.4 cm³/mol. The molecule has 0 aliphatic carbocycles. The van der Waals surface area contributed by atoms with E-state index in [1.807, 2.05) is 6.07 Å². The van der Waals surface area contributed by atoms with Gasteiger partial charge in [-0.25, -0.2) is 4.98 Å². The van der Waals surface area contributed by atoms with Gasteiger partial charge in [-0.05, 0) is 17.5 Å². The van der Waals surface area contributed by atoms with Crippen molar-refractivity contribution in [2.24, 2.45) is 0 Å². The molecule has 1 aromatic rings. The van der Waals surface area contributed by atoms with Gasteiger partial charge in [-0.15, -0.1) is 0 Å². The number of hydrogen-bond acceptors (Lipinski definition) is 2. The maximum Gasteiger partial charge on any atom is 0.232 e. The predicted octanol–water partition coefficient (Wildman–Crippen LogP) is 1.72. The van der Waals surface area contributed by atoms with Crippen molar-refractivity contribution in [2.45, 2.75) is 26.2 Å². The second-order valence-corrected chi connectivity index (χ2v) is 3.99. The highest BCUT2D eigenvalue weighted by Gasteiger charge is 2.27. The van der Waals surface area contributed by atoms with E-state index in [1.54, 1.807) is 18.1 Å². The summed E-state index contributed by atoms with van der Waals surface area (Å²) in [4.78, 5) is 17.4. The molecule has 0 radical (unpaired) electrons. The third kappa shape index (κ3) is 1.20. The number of carbonyl (C=O) groups is 1. The van der Waals surface area contributed by atoms with Crippen molar-refractivity contribution in [3.05, 3.63) is 23.4 Å². The fraction of sp³-hybridized carbons (Fsp3) is 0.455. The summed E-state index contributed by atoms with van der Waals surface area (Å²) in [5.74, 6) is 1.42. The van der Waals surface area contributed by atoms with E-state index in [9.17, 15) is 4.79 Å². The van der Waals surface area contributed by atoms with Gasteiger partial charge in [-0.3, -0.25) is 9.69 Å². The van der Waals surface area contributed by atoms with Crippen LogP contribution in [0.3, 0.4) is 0 Å². The van der Waals surface area contributed by atoms with Crippen molar-refractivity contribution in [2.75, 3.05) is 11.9 Å². The Bertz CT molecular complexity index is 385. The molecule has 0 saturated carbocycles. The van der Waals surface area contributed by atoms with Crippen LogP contribution in [0, 0.1) is 0 Å². The molecule has 0 spiro atoms. The summed E-state index contributed by atoms with van der Waals surface area (Å²) < 4.78 is 0. The summed E-state index contributed by atoms with van der Waals surface area (Å²) in [6.45, 7) is 4.27. The average molecular weight is 190 g/mol. The molecule has 2 heterocycles. The molecule has 14 heavy (non-hydrogen) atoms. The lowest BCUT2D eigenvalue weighted by molar-refractivity contribution is -0.117. The van der Waals surface area contributed by atoms with E-state index in [-0.39, 0.29) is 5.91 Å². The van der Waals surface area contributed by atoms with Crippen molar-refractivity contribution in [3.8, 4) is 0 Å². The zero-order chi connectivity index (χ0) is 10.3. The first-order valence-electron chi connectivity index (χ1n) is 4.85. The van der Waals surface area contributed by atoms with Crippen LogP contribution >= 0.6 is 0 Å². The zero-order valence-electron chi connectivity index (χ0n) is 8.74. The van der Waals surface area contributed by atoms with E-state index in [4.69, 9.17) is 0 Å². The number of fused-ring (bicyclic) bond motifs is 1. The number of anilines is 1. The minimum absolute atomic E-state index is 0.139. The topological polar surface area (TPSA) is 33.2 Å². The summed E-state index contributed by atoms with van der Waals surface area (Å²) >= 11 is 0. The highest BCUT2D eigenvalue weighted by molar-refractivity contribution is 6.00. The Balaban J connectivity index is 2.55. The van der Waals surface area contributed by atoms with Gasteiger partial charge in [0.2, 0.25) is 5.91 Å². The van der Waals surface area contributed by atoms with Gasteiger partial charge in [0.15, 0.2) is 0 Å². The fourth-order valence-corrected chi connectivity index (χ4v) is 1.89. The van der Waals surface area contributed by atoms with E-state index in [2.05, 4.69) is 18.8 Å². The Morgan fingerprint density at radius 2 is 2.21 bits per heavy atom. The van der Waals surface area contributed by atoms with Crippen LogP contribution in [-0.2, 0) is 11.2 Å². The molecule has 1 aliphatic heterocycles. The van der Waals surface area contributed by atoms with E-state index in [1.165, 1.54) is 5.56 Å². The summed E-state index contributed by atoms with van der Waals surface area (Å²) in [7, 11) is 1.78. The number of nitrogens with zero attached hydrogens (tertiary/aromatic N) is 2. The Labute approximate surface area is 83.8 Å².